The Hall–Kier alpha value is -2.21. The molecular formula is C19H34N6O4S. The number of primary sulfonamides is 1. The van der Waals surface area contributed by atoms with Crippen molar-refractivity contribution in [2.75, 3.05) is 61.0 Å². The predicted molar refractivity (Wildman–Crippen MR) is 118 cm³/mol. The fourth-order valence-corrected chi connectivity index (χ4v) is 2.92. The number of hydrogen-bond donors (Lipinski definition) is 3. The van der Waals surface area contributed by atoms with Crippen LogP contribution in [-0.4, -0.2) is 91.1 Å². The molecule has 170 valence electrons. The van der Waals surface area contributed by atoms with E-state index in [1.165, 1.54) is 17.0 Å². The number of likely N-dealkylation sites (N-methyl/N-ethyl adjacent to an activating group) is 2. The van der Waals surface area contributed by atoms with Gasteiger partial charge in [-0.1, -0.05) is 12.1 Å². The van der Waals surface area contributed by atoms with E-state index in [0.29, 0.717) is 19.0 Å². The van der Waals surface area contributed by atoms with Gasteiger partial charge in [-0.3, -0.25) is 4.79 Å². The molecule has 0 heterocycles. The van der Waals surface area contributed by atoms with Crippen molar-refractivity contribution in [3.05, 3.63) is 29.8 Å². The number of carbonyl (C=O) groups excluding carboxylic acids is 1. The van der Waals surface area contributed by atoms with E-state index in [0.717, 1.165) is 31.7 Å². The monoisotopic (exact) mass is 442 g/mol. The van der Waals surface area contributed by atoms with Gasteiger partial charge < -0.3 is 25.2 Å². The van der Waals surface area contributed by atoms with E-state index < -0.39 is 10.0 Å². The second-order valence-corrected chi connectivity index (χ2v) is 8.63. The first-order chi connectivity index (χ1) is 14.1. The molecular weight excluding hydrogens is 408 g/mol. The summed E-state index contributed by atoms with van der Waals surface area (Å²) in [7, 11) is 3.38. The summed E-state index contributed by atoms with van der Waals surface area (Å²) in [5.41, 5.74) is 0.819. The van der Waals surface area contributed by atoms with Gasteiger partial charge in [0.15, 0.2) is 5.96 Å². The molecule has 1 amide bonds. The third kappa shape index (κ3) is 10.5. The van der Waals surface area contributed by atoms with Gasteiger partial charge in [-0.25, -0.2) is 18.5 Å². The first-order valence-corrected chi connectivity index (χ1v) is 11.2. The average Bonchev–Trinajstić information content (AvgIpc) is 2.69. The van der Waals surface area contributed by atoms with Gasteiger partial charge in [-0.05, 0) is 31.2 Å². The molecule has 0 saturated heterocycles. The van der Waals surface area contributed by atoms with Crippen molar-refractivity contribution in [1.82, 2.24) is 20.4 Å². The highest BCUT2D eigenvalue weighted by atomic mass is 32.2. The van der Waals surface area contributed by atoms with Crippen LogP contribution in [0.4, 0.5) is 0 Å². The summed E-state index contributed by atoms with van der Waals surface area (Å²) >= 11 is 0. The van der Waals surface area contributed by atoms with E-state index in [-0.39, 0.29) is 17.3 Å². The lowest BCUT2D eigenvalue weighted by Crippen LogP contribution is -2.45. The molecule has 4 N–H and O–H groups in total. The van der Waals surface area contributed by atoms with Gasteiger partial charge in [0.25, 0.3) is 0 Å². The summed E-state index contributed by atoms with van der Waals surface area (Å²) in [5.74, 6) is 0.435. The van der Waals surface area contributed by atoms with Crippen LogP contribution < -0.4 is 15.8 Å². The van der Waals surface area contributed by atoms with E-state index in [9.17, 15) is 13.2 Å². The molecule has 0 aliphatic rings. The maximum Gasteiger partial charge on any atom is 0.241 e. The summed E-state index contributed by atoms with van der Waals surface area (Å²) in [6.07, 6.45) is 0.956. The summed E-state index contributed by atoms with van der Waals surface area (Å²) in [6.45, 7) is 3.53. The number of nitrogens with zero attached hydrogens (tertiary/aromatic N) is 3. The number of nitrogens with two attached hydrogens (primary N) is 1. The maximum absolute atomic E-state index is 11.9. The lowest BCUT2D eigenvalue weighted by atomic mass is 10.2. The molecule has 0 fully saturated rings. The lowest BCUT2D eigenvalue weighted by molar-refractivity contribution is -0.127. The number of nitrogens with one attached hydrogen (secondary N) is 2. The molecule has 0 aliphatic heterocycles. The van der Waals surface area contributed by atoms with E-state index in [1.807, 2.05) is 7.05 Å². The number of guanidine groups is 1. The second kappa shape index (κ2) is 13.2. The van der Waals surface area contributed by atoms with Crippen molar-refractivity contribution < 1.29 is 17.9 Å². The van der Waals surface area contributed by atoms with Crippen LogP contribution in [0.25, 0.3) is 0 Å². The Morgan fingerprint density at radius 3 is 2.37 bits per heavy atom. The molecule has 0 aliphatic carbocycles. The van der Waals surface area contributed by atoms with Crippen molar-refractivity contribution in [1.29, 1.82) is 0 Å². The van der Waals surface area contributed by atoms with Crippen molar-refractivity contribution >= 4 is 21.9 Å². The van der Waals surface area contributed by atoms with Gasteiger partial charge in [-0.2, -0.15) is 0 Å². The summed E-state index contributed by atoms with van der Waals surface area (Å²) in [5, 5.41) is 11.4. The number of benzene rings is 1. The molecule has 30 heavy (non-hydrogen) atoms. The highest BCUT2D eigenvalue weighted by Crippen LogP contribution is 2.09. The predicted octanol–water partition coefficient (Wildman–Crippen LogP) is -0.574. The van der Waals surface area contributed by atoms with Crippen molar-refractivity contribution in [3.63, 3.8) is 0 Å². The number of rotatable bonds is 12. The number of ether oxygens (including phenoxy) is 1. The Labute approximate surface area is 179 Å². The summed E-state index contributed by atoms with van der Waals surface area (Å²) < 4.78 is 27.8. The van der Waals surface area contributed by atoms with Crippen LogP contribution in [0.2, 0.25) is 0 Å². The number of sulfonamides is 1. The Morgan fingerprint density at radius 1 is 1.13 bits per heavy atom. The molecule has 0 radical (unpaired) electrons. The second-order valence-electron chi connectivity index (χ2n) is 7.07. The van der Waals surface area contributed by atoms with Crippen molar-refractivity contribution in [3.8, 4) is 0 Å². The van der Waals surface area contributed by atoms with E-state index >= 15 is 0 Å². The maximum atomic E-state index is 11.9. The van der Waals surface area contributed by atoms with Crippen LogP contribution in [0.3, 0.4) is 0 Å². The third-order valence-electron chi connectivity index (χ3n) is 4.25. The number of methoxy groups -OCH3 is 1. The zero-order chi connectivity index (χ0) is 22.6. The molecule has 0 spiro atoms. The zero-order valence-corrected chi connectivity index (χ0v) is 19.0. The molecule has 0 aromatic heterocycles. The highest BCUT2D eigenvalue weighted by molar-refractivity contribution is 7.89. The van der Waals surface area contributed by atoms with Gasteiger partial charge in [0, 0.05) is 47.4 Å². The molecule has 1 aromatic rings. The molecule has 0 saturated carbocycles. The quantitative estimate of drug-likeness (QED) is 0.224. The minimum absolute atomic E-state index is 0.0554. The Morgan fingerprint density at radius 2 is 1.80 bits per heavy atom. The third-order valence-corrected chi connectivity index (χ3v) is 5.18. The molecule has 10 nitrogen and oxygen atoms in total. The molecule has 1 rings (SSSR count). The van der Waals surface area contributed by atoms with E-state index in [2.05, 4.69) is 20.5 Å². The van der Waals surface area contributed by atoms with Crippen molar-refractivity contribution in [2.45, 2.75) is 17.9 Å². The molecule has 11 heteroatoms. The van der Waals surface area contributed by atoms with Crippen LogP contribution in [0.5, 0.6) is 0 Å². The highest BCUT2D eigenvalue weighted by Gasteiger charge is 2.08. The Kier molecular flexibility index (Phi) is 11.3. The number of aliphatic imine (C=N–C) groups is 1. The smallest absolute Gasteiger partial charge is 0.241 e. The fourth-order valence-electron chi connectivity index (χ4n) is 2.40. The van der Waals surface area contributed by atoms with Crippen LogP contribution >= 0.6 is 0 Å². The first-order valence-electron chi connectivity index (χ1n) is 9.65. The molecule has 0 bridgehead atoms. The van der Waals surface area contributed by atoms with Crippen LogP contribution in [0.15, 0.2) is 34.2 Å². The Balaban J connectivity index is 2.68. The van der Waals surface area contributed by atoms with E-state index in [4.69, 9.17) is 9.88 Å². The first kappa shape index (κ1) is 25.8. The summed E-state index contributed by atoms with van der Waals surface area (Å²) in [6, 6.07) is 6.22. The number of carbonyl (C=O) groups is 1. The van der Waals surface area contributed by atoms with Crippen LogP contribution in [-0.2, 0) is 26.1 Å². The normalized spacial score (nSPS) is 12.1. The van der Waals surface area contributed by atoms with Crippen LogP contribution in [0.1, 0.15) is 12.0 Å². The van der Waals surface area contributed by atoms with Gasteiger partial charge in [0.05, 0.1) is 18.0 Å². The average molecular weight is 443 g/mol. The van der Waals surface area contributed by atoms with Gasteiger partial charge in [0.2, 0.25) is 15.9 Å². The van der Waals surface area contributed by atoms with Gasteiger partial charge in [0.1, 0.15) is 0 Å². The number of hydrogen-bond acceptors (Lipinski definition) is 6. The van der Waals surface area contributed by atoms with Gasteiger partial charge in [-0.15, -0.1) is 0 Å². The molecule has 0 unspecified atom stereocenters. The largest absolute Gasteiger partial charge is 0.385 e. The lowest BCUT2D eigenvalue weighted by Gasteiger charge is -2.19. The topological polar surface area (TPSA) is 129 Å². The minimum Gasteiger partial charge on any atom is -0.385 e. The van der Waals surface area contributed by atoms with E-state index in [1.54, 1.807) is 33.3 Å². The van der Waals surface area contributed by atoms with Gasteiger partial charge >= 0.3 is 0 Å². The molecule has 0 atom stereocenters. The SMILES string of the molecule is COCCCN(C)CCNC(=NCc1ccc(S(N)(=O)=O)cc1)NCC(=O)N(C)C. The van der Waals surface area contributed by atoms with Crippen molar-refractivity contribution in [2.24, 2.45) is 10.1 Å². The Bertz CT molecular complexity index is 781. The molecule has 1 aromatic carbocycles. The zero-order valence-electron chi connectivity index (χ0n) is 18.2. The minimum atomic E-state index is -3.72. The fraction of sp³-hybridized carbons (Fsp3) is 0.579. The van der Waals surface area contributed by atoms with Crippen LogP contribution in [0, 0.1) is 0 Å². The summed E-state index contributed by atoms with van der Waals surface area (Å²) in [4.78, 5) is 20.1. The number of amides is 1. The standard InChI is InChI=1S/C19H34N6O4S/c1-24(2)18(26)15-23-19(21-10-12-25(3)11-5-13-29-4)22-14-16-6-8-17(9-7-16)30(20,27)28/h6-9H,5,10-15H2,1-4H3,(H2,20,27,28)(H2,21,22,23).